The molecule has 2 atom stereocenters. The van der Waals surface area contributed by atoms with Crippen LogP contribution in [0.4, 0.5) is 0 Å². The number of esters is 2. The third-order valence-electron chi connectivity index (χ3n) is 4.21. The van der Waals surface area contributed by atoms with Gasteiger partial charge in [-0.3, -0.25) is 9.79 Å². The van der Waals surface area contributed by atoms with Crippen LogP contribution in [0.25, 0.3) is 0 Å². The summed E-state index contributed by atoms with van der Waals surface area (Å²) in [7, 11) is 0. The molecule has 0 spiro atoms. The van der Waals surface area contributed by atoms with Crippen molar-refractivity contribution < 1.29 is 19.1 Å². The number of nitrogens with zero attached hydrogens (tertiary/aromatic N) is 1. The summed E-state index contributed by atoms with van der Waals surface area (Å²) in [6.45, 7) is 10.8. The molecule has 1 aliphatic heterocycles. The molecule has 1 heterocycles. The van der Waals surface area contributed by atoms with E-state index in [9.17, 15) is 9.59 Å². The topological polar surface area (TPSA) is 65.0 Å². The van der Waals surface area contributed by atoms with Gasteiger partial charge in [-0.1, -0.05) is 53.4 Å². The quantitative estimate of drug-likeness (QED) is 0.475. The van der Waals surface area contributed by atoms with Crippen LogP contribution in [-0.2, 0) is 19.1 Å². The van der Waals surface area contributed by atoms with Crippen LogP contribution in [0.5, 0.6) is 0 Å². The maximum Gasteiger partial charge on any atom is 0.336 e. The van der Waals surface area contributed by atoms with E-state index in [4.69, 9.17) is 9.47 Å². The van der Waals surface area contributed by atoms with E-state index >= 15 is 0 Å². The van der Waals surface area contributed by atoms with Gasteiger partial charge in [-0.15, -0.1) is 0 Å². The van der Waals surface area contributed by atoms with Gasteiger partial charge in [0, 0.05) is 21.8 Å². The molecule has 0 saturated carbocycles. The largest absolute Gasteiger partial charge is 0.461 e. The van der Waals surface area contributed by atoms with E-state index in [0.29, 0.717) is 17.0 Å². The second kappa shape index (κ2) is 9.46. The van der Waals surface area contributed by atoms with Crippen LogP contribution >= 0.6 is 15.9 Å². The molecule has 0 amide bonds. The maximum atomic E-state index is 12.8. The Kier molecular flexibility index (Phi) is 7.30. The number of rotatable bonds is 7. The number of carbonyl (C=O) groups excluding carboxylic acids is 2. The second-order valence-electron chi connectivity index (χ2n) is 6.07. The summed E-state index contributed by atoms with van der Waals surface area (Å²) in [5.41, 5.74) is 2.28. The van der Waals surface area contributed by atoms with E-state index in [-0.39, 0.29) is 13.2 Å². The third kappa shape index (κ3) is 4.83. The number of halogens is 1. The normalized spacial score (nSPS) is 19.1. The van der Waals surface area contributed by atoms with E-state index in [1.54, 1.807) is 13.8 Å². The summed E-state index contributed by atoms with van der Waals surface area (Å²) in [4.78, 5) is 29.9. The molecule has 142 valence electrons. The van der Waals surface area contributed by atoms with Crippen molar-refractivity contribution in [3.05, 3.63) is 70.9 Å². The monoisotopic (exact) mass is 431 g/mol. The minimum Gasteiger partial charge on any atom is -0.461 e. The molecular weight excluding hydrogens is 410 g/mol. The SMILES string of the molecule is C=CCOC(=O)C1=C(C)N=C(C)C(C(=O)OCC=C)C1c1ccc(Br)cc1. The van der Waals surface area contributed by atoms with Crippen molar-refractivity contribution in [2.24, 2.45) is 10.9 Å². The fourth-order valence-corrected chi connectivity index (χ4v) is 3.35. The van der Waals surface area contributed by atoms with Crippen molar-refractivity contribution in [1.82, 2.24) is 0 Å². The highest BCUT2D eigenvalue weighted by atomic mass is 79.9. The zero-order chi connectivity index (χ0) is 20.0. The minimum atomic E-state index is -0.721. The average molecular weight is 432 g/mol. The molecule has 2 unspecified atom stereocenters. The maximum absolute atomic E-state index is 12.8. The number of carbonyl (C=O) groups is 2. The van der Waals surface area contributed by atoms with E-state index in [0.717, 1.165) is 10.0 Å². The van der Waals surface area contributed by atoms with E-state index in [1.165, 1.54) is 12.2 Å². The lowest BCUT2D eigenvalue weighted by Crippen LogP contribution is -2.36. The van der Waals surface area contributed by atoms with Gasteiger partial charge in [-0.25, -0.2) is 4.79 Å². The Hall–Kier alpha value is -2.47. The Labute approximate surface area is 167 Å². The molecule has 0 bridgehead atoms. The summed E-state index contributed by atoms with van der Waals surface area (Å²) in [6, 6.07) is 7.47. The molecule has 5 nitrogen and oxygen atoms in total. The highest BCUT2D eigenvalue weighted by Crippen LogP contribution is 2.40. The molecule has 0 radical (unpaired) electrons. The molecule has 0 N–H and O–H groups in total. The molecule has 6 heteroatoms. The van der Waals surface area contributed by atoms with E-state index in [1.807, 2.05) is 24.3 Å². The van der Waals surface area contributed by atoms with Gasteiger partial charge in [0.05, 0.1) is 5.57 Å². The Balaban J connectivity index is 2.55. The van der Waals surface area contributed by atoms with Crippen molar-refractivity contribution in [2.75, 3.05) is 13.2 Å². The van der Waals surface area contributed by atoms with Crippen molar-refractivity contribution in [2.45, 2.75) is 19.8 Å². The van der Waals surface area contributed by atoms with Gasteiger partial charge in [0.2, 0.25) is 0 Å². The molecule has 1 aromatic rings. The summed E-state index contributed by atoms with van der Waals surface area (Å²) in [6.07, 6.45) is 3.00. The average Bonchev–Trinajstić information content (AvgIpc) is 2.64. The number of benzene rings is 1. The first-order valence-corrected chi connectivity index (χ1v) is 9.27. The minimum absolute atomic E-state index is 0.0803. The fraction of sp³-hybridized carbons (Fsp3) is 0.286. The first kappa shape index (κ1) is 20.8. The van der Waals surface area contributed by atoms with Crippen molar-refractivity contribution in [1.29, 1.82) is 0 Å². The molecule has 1 aliphatic rings. The lowest BCUT2D eigenvalue weighted by atomic mass is 9.75. The summed E-state index contributed by atoms with van der Waals surface area (Å²) in [5.74, 6) is -2.24. The van der Waals surface area contributed by atoms with Gasteiger partial charge in [0.25, 0.3) is 0 Å². The lowest BCUT2D eigenvalue weighted by Gasteiger charge is -2.31. The first-order chi connectivity index (χ1) is 12.9. The van der Waals surface area contributed by atoms with Crippen LogP contribution in [0, 0.1) is 5.92 Å². The van der Waals surface area contributed by atoms with Crippen LogP contribution in [-0.4, -0.2) is 30.9 Å². The van der Waals surface area contributed by atoms with E-state index < -0.39 is 23.8 Å². The highest BCUT2D eigenvalue weighted by molar-refractivity contribution is 9.10. The Bertz CT molecular complexity index is 808. The number of hydrogen-bond acceptors (Lipinski definition) is 5. The predicted molar refractivity (Wildman–Crippen MR) is 108 cm³/mol. The summed E-state index contributed by atoms with van der Waals surface area (Å²) < 4.78 is 11.4. The van der Waals surface area contributed by atoms with Gasteiger partial charge in [-0.2, -0.15) is 0 Å². The van der Waals surface area contributed by atoms with Gasteiger partial charge in [0.15, 0.2) is 0 Å². The van der Waals surface area contributed by atoms with Crippen LogP contribution in [0.3, 0.4) is 0 Å². The van der Waals surface area contributed by atoms with Crippen LogP contribution in [0.2, 0.25) is 0 Å². The Morgan fingerprint density at radius 3 is 2.30 bits per heavy atom. The standard InChI is InChI=1S/C21H22BrNO4/c1-5-11-26-20(24)17-13(3)23-14(4)18(21(25)27-12-6-2)19(17)15-7-9-16(22)10-8-15/h5-10,17,19H,1-2,11-12H2,3-4H3. The van der Waals surface area contributed by atoms with Gasteiger partial charge in [-0.05, 0) is 31.5 Å². The molecule has 0 aromatic heterocycles. The fourth-order valence-electron chi connectivity index (χ4n) is 3.08. The number of aliphatic imine (C=N–C) groups is 1. The van der Waals surface area contributed by atoms with Crippen LogP contribution < -0.4 is 0 Å². The molecule has 2 rings (SSSR count). The summed E-state index contributed by atoms with van der Waals surface area (Å²) in [5, 5.41) is 0. The number of hydrogen-bond donors (Lipinski definition) is 0. The van der Waals surface area contributed by atoms with Crippen molar-refractivity contribution >= 4 is 33.6 Å². The van der Waals surface area contributed by atoms with Gasteiger partial charge < -0.3 is 9.47 Å². The molecule has 27 heavy (non-hydrogen) atoms. The second-order valence-corrected chi connectivity index (χ2v) is 6.98. The molecule has 0 aliphatic carbocycles. The molecular formula is C21H22BrNO4. The van der Waals surface area contributed by atoms with Gasteiger partial charge >= 0.3 is 11.9 Å². The lowest BCUT2D eigenvalue weighted by molar-refractivity contribution is -0.145. The van der Waals surface area contributed by atoms with Gasteiger partial charge in [0.1, 0.15) is 19.1 Å². The first-order valence-electron chi connectivity index (χ1n) is 8.47. The molecule has 1 aromatic carbocycles. The molecule has 0 fully saturated rings. The van der Waals surface area contributed by atoms with Crippen LogP contribution in [0.1, 0.15) is 25.3 Å². The van der Waals surface area contributed by atoms with Crippen molar-refractivity contribution in [3.63, 3.8) is 0 Å². The van der Waals surface area contributed by atoms with Crippen molar-refractivity contribution in [3.8, 4) is 0 Å². The number of allylic oxidation sites excluding steroid dienone is 1. The Morgan fingerprint density at radius 1 is 1.11 bits per heavy atom. The molecule has 0 saturated heterocycles. The third-order valence-corrected chi connectivity index (χ3v) is 4.74. The highest BCUT2D eigenvalue weighted by Gasteiger charge is 2.42. The Morgan fingerprint density at radius 2 is 1.70 bits per heavy atom. The van der Waals surface area contributed by atoms with Crippen LogP contribution in [0.15, 0.2) is 70.3 Å². The summed E-state index contributed by atoms with van der Waals surface area (Å²) >= 11 is 3.41. The smallest absolute Gasteiger partial charge is 0.336 e. The zero-order valence-corrected chi connectivity index (χ0v) is 17.0. The zero-order valence-electron chi connectivity index (χ0n) is 15.4. The van der Waals surface area contributed by atoms with E-state index in [2.05, 4.69) is 34.1 Å². The predicted octanol–water partition coefficient (Wildman–Crippen LogP) is 4.36. The number of ether oxygens (including phenoxy) is 2.